The Morgan fingerprint density at radius 3 is 2.52 bits per heavy atom. The lowest BCUT2D eigenvalue weighted by molar-refractivity contribution is -0.191. The van der Waals surface area contributed by atoms with Crippen molar-refractivity contribution in [3.63, 3.8) is 0 Å². The summed E-state index contributed by atoms with van der Waals surface area (Å²) in [6.07, 6.45) is -5.96. The third-order valence-corrected chi connectivity index (χ3v) is 4.30. The standard InChI is InChI=1S/C17H16ClF4NO4/c1-7(2)6-27-16(26)13-10(18)4-3-8(14(13)19)12-9(17(20,21)22)5-11(24)23-15(12)25/h3-4,7,9,12H,5-6H2,1-2H3,(H,23,24,25). The van der Waals surface area contributed by atoms with Gasteiger partial charge in [-0.1, -0.05) is 31.5 Å². The molecule has 0 bridgehead atoms. The van der Waals surface area contributed by atoms with Gasteiger partial charge in [0.05, 0.1) is 23.5 Å². The number of hydrogen-bond donors (Lipinski definition) is 1. The highest BCUT2D eigenvalue weighted by atomic mass is 35.5. The molecule has 1 aromatic carbocycles. The van der Waals surface area contributed by atoms with E-state index in [-0.39, 0.29) is 17.5 Å². The molecule has 2 amide bonds. The molecule has 0 saturated carbocycles. The number of nitrogens with one attached hydrogen (secondary N) is 1. The molecule has 0 aromatic heterocycles. The molecule has 1 aliphatic rings. The van der Waals surface area contributed by atoms with E-state index in [0.717, 1.165) is 12.1 Å². The minimum absolute atomic E-state index is 0.0532. The first kappa shape index (κ1) is 21.1. The van der Waals surface area contributed by atoms with E-state index in [2.05, 4.69) is 0 Å². The Balaban J connectivity index is 2.51. The third-order valence-electron chi connectivity index (χ3n) is 3.98. The maximum Gasteiger partial charge on any atom is 0.393 e. The van der Waals surface area contributed by atoms with Gasteiger partial charge in [0, 0.05) is 12.0 Å². The summed E-state index contributed by atoms with van der Waals surface area (Å²) in [6.45, 7) is 3.42. The lowest BCUT2D eigenvalue weighted by Gasteiger charge is -2.32. The zero-order valence-electron chi connectivity index (χ0n) is 14.3. The molecule has 2 atom stereocenters. The van der Waals surface area contributed by atoms with Crippen LogP contribution >= 0.6 is 11.6 Å². The molecule has 1 heterocycles. The van der Waals surface area contributed by atoms with Crippen molar-refractivity contribution in [2.45, 2.75) is 32.4 Å². The van der Waals surface area contributed by atoms with Gasteiger partial charge in [0.1, 0.15) is 11.4 Å². The zero-order chi connectivity index (χ0) is 20.5. The van der Waals surface area contributed by atoms with Crippen molar-refractivity contribution in [3.8, 4) is 0 Å². The average molecular weight is 410 g/mol. The zero-order valence-corrected chi connectivity index (χ0v) is 15.1. The first-order valence-electron chi connectivity index (χ1n) is 7.98. The summed E-state index contributed by atoms with van der Waals surface area (Å²) in [4.78, 5) is 35.5. The molecule has 1 fully saturated rings. The van der Waals surface area contributed by atoms with Crippen molar-refractivity contribution < 1.29 is 36.7 Å². The predicted octanol–water partition coefficient (Wildman–Crippen LogP) is 3.60. The summed E-state index contributed by atoms with van der Waals surface area (Å²) >= 11 is 5.82. The van der Waals surface area contributed by atoms with Gasteiger partial charge >= 0.3 is 12.1 Å². The minimum atomic E-state index is -4.93. The van der Waals surface area contributed by atoms with Gasteiger partial charge in [-0.3, -0.25) is 14.9 Å². The largest absolute Gasteiger partial charge is 0.462 e. The molecule has 0 spiro atoms. The number of halogens is 5. The third kappa shape index (κ3) is 4.58. The quantitative estimate of drug-likeness (QED) is 0.468. The molecular formula is C17H16ClF4NO4. The number of amides is 2. The van der Waals surface area contributed by atoms with E-state index >= 15 is 0 Å². The van der Waals surface area contributed by atoms with Crippen LogP contribution in [0, 0.1) is 17.7 Å². The molecule has 0 aliphatic carbocycles. The van der Waals surface area contributed by atoms with Gasteiger partial charge in [0.2, 0.25) is 11.8 Å². The Morgan fingerprint density at radius 1 is 1.33 bits per heavy atom. The van der Waals surface area contributed by atoms with Crippen molar-refractivity contribution in [3.05, 3.63) is 34.1 Å². The Bertz CT molecular complexity index is 779. The van der Waals surface area contributed by atoms with E-state index in [0.29, 0.717) is 0 Å². The number of imide groups is 1. The van der Waals surface area contributed by atoms with Crippen LogP contribution < -0.4 is 5.32 Å². The van der Waals surface area contributed by atoms with Crippen molar-refractivity contribution in [2.75, 3.05) is 6.61 Å². The molecule has 2 rings (SSSR count). The molecule has 5 nitrogen and oxygen atoms in total. The van der Waals surface area contributed by atoms with E-state index in [1.807, 2.05) is 0 Å². The van der Waals surface area contributed by atoms with Gasteiger partial charge in [-0.15, -0.1) is 0 Å². The van der Waals surface area contributed by atoms with Crippen LogP contribution in [0.1, 0.15) is 42.1 Å². The van der Waals surface area contributed by atoms with Crippen LogP contribution in [0.15, 0.2) is 12.1 Å². The number of carbonyl (C=O) groups excluding carboxylic acids is 3. The maximum absolute atomic E-state index is 14.9. The first-order chi connectivity index (χ1) is 12.4. The highest BCUT2D eigenvalue weighted by Gasteiger charge is 2.52. The Labute approximate surface area is 157 Å². The molecular weight excluding hydrogens is 394 g/mol. The summed E-state index contributed by atoms with van der Waals surface area (Å²) in [5, 5.41) is 1.41. The van der Waals surface area contributed by atoms with Crippen molar-refractivity contribution in [2.24, 2.45) is 11.8 Å². The van der Waals surface area contributed by atoms with E-state index in [9.17, 15) is 31.9 Å². The van der Waals surface area contributed by atoms with Crippen LogP contribution in [0.25, 0.3) is 0 Å². The molecule has 27 heavy (non-hydrogen) atoms. The SMILES string of the molecule is CC(C)COC(=O)c1c(Cl)ccc(C2C(=O)NC(=O)CC2C(F)(F)F)c1F. The fraction of sp³-hybridized carbons (Fsp3) is 0.471. The molecule has 1 aliphatic heterocycles. The summed E-state index contributed by atoms with van der Waals surface area (Å²) in [5.74, 6) is -9.45. The predicted molar refractivity (Wildman–Crippen MR) is 86.6 cm³/mol. The summed E-state index contributed by atoms with van der Waals surface area (Å²) in [7, 11) is 0. The number of benzene rings is 1. The summed E-state index contributed by atoms with van der Waals surface area (Å²) in [6, 6.07) is 1.92. The number of ether oxygens (including phenoxy) is 1. The van der Waals surface area contributed by atoms with E-state index in [1.165, 1.54) is 0 Å². The summed E-state index contributed by atoms with van der Waals surface area (Å²) < 4.78 is 59.8. The number of rotatable bonds is 4. The fourth-order valence-electron chi connectivity index (χ4n) is 2.74. The maximum atomic E-state index is 14.9. The van der Waals surface area contributed by atoms with Crippen molar-refractivity contribution >= 4 is 29.4 Å². The van der Waals surface area contributed by atoms with Crippen LogP contribution in [0.5, 0.6) is 0 Å². The van der Waals surface area contributed by atoms with Crippen LogP contribution in [-0.4, -0.2) is 30.6 Å². The van der Waals surface area contributed by atoms with Crippen molar-refractivity contribution in [1.82, 2.24) is 5.32 Å². The number of carbonyl (C=O) groups is 3. The van der Waals surface area contributed by atoms with Crippen molar-refractivity contribution in [1.29, 1.82) is 0 Å². The smallest absolute Gasteiger partial charge is 0.393 e. The molecule has 2 unspecified atom stereocenters. The van der Waals surface area contributed by atoms with Gasteiger partial charge in [-0.25, -0.2) is 9.18 Å². The second-order valence-electron chi connectivity index (χ2n) is 6.56. The van der Waals surface area contributed by atoms with Crippen LogP contribution in [0.3, 0.4) is 0 Å². The molecule has 10 heteroatoms. The fourth-order valence-corrected chi connectivity index (χ4v) is 2.96. The Morgan fingerprint density at radius 2 is 1.96 bits per heavy atom. The molecule has 1 saturated heterocycles. The molecule has 1 aromatic rings. The van der Waals surface area contributed by atoms with Gasteiger partial charge in [-0.2, -0.15) is 13.2 Å². The van der Waals surface area contributed by atoms with Gasteiger partial charge in [-0.05, 0) is 12.0 Å². The number of alkyl halides is 3. The van der Waals surface area contributed by atoms with E-state index < -0.39 is 59.2 Å². The van der Waals surface area contributed by atoms with E-state index in [1.54, 1.807) is 19.2 Å². The molecule has 1 N–H and O–H groups in total. The minimum Gasteiger partial charge on any atom is -0.462 e. The molecule has 0 radical (unpaired) electrons. The van der Waals surface area contributed by atoms with Crippen LogP contribution in [-0.2, 0) is 14.3 Å². The second-order valence-corrected chi connectivity index (χ2v) is 6.97. The molecule has 148 valence electrons. The Hall–Kier alpha value is -2.16. The monoisotopic (exact) mass is 409 g/mol. The lowest BCUT2D eigenvalue weighted by Crippen LogP contribution is -2.49. The van der Waals surface area contributed by atoms with Crippen LogP contribution in [0.2, 0.25) is 5.02 Å². The number of esters is 1. The Kier molecular flexibility index (Phi) is 6.14. The number of piperidine rings is 1. The highest BCUT2D eigenvalue weighted by Crippen LogP contribution is 2.43. The normalized spacial score (nSPS) is 20.6. The van der Waals surface area contributed by atoms with Gasteiger partial charge in [0.25, 0.3) is 0 Å². The second kappa shape index (κ2) is 7.84. The lowest BCUT2D eigenvalue weighted by atomic mass is 9.79. The van der Waals surface area contributed by atoms with Gasteiger partial charge in [0.15, 0.2) is 0 Å². The number of hydrogen-bond acceptors (Lipinski definition) is 4. The average Bonchev–Trinajstić information content (AvgIpc) is 2.52. The van der Waals surface area contributed by atoms with E-state index in [4.69, 9.17) is 16.3 Å². The topological polar surface area (TPSA) is 72.5 Å². The van der Waals surface area contributed by atoms with Crippen LogP contribution in [0.4, 0.5) is 17.6 Å². The van der Waals surface area contributed by atoms with Gasteiger partial charge < -0.3 is 4.74 Å². The first-order valence-corrected chi connectivity index (χ1v) is 8.36. The summed E-state index contributed by atoms with van der Waals surface area (Å²) in [5.41, 5.74) is -1.43. The highest BCUT2D eigenvalue weighted by molar-refractivity contribution is 6.33.